The van der Waals surface area contributed by atoms with Gasteiger partial charge in [0.2, 0.25) is 0 Å². The number of para-hydroxylation sites is 3. The van der Waals surface area contributed by atoms with E-state index < -0.39 is 6.10 Å². The first-order valence-corrected chi connectivity index (χ1v) is 11.2. The maximum atomic E-state index is 9.80. The van der Waals surface area contributed by atoms with Gasteiger partial charge in [0.15, 0.2) is 28.6 Å². The average molecular weight is 441 g/mol. The summed E-state index contributed by atoms with van der Waals surface area (Å²) in [4.78, 5) is 0. The molecule has 0 radical (unpaired) electrons. The van der Waals surface area contributed by atoms with Crippen molar-refractivity contribution in [1.29, 1.82) is 5.26 Å². The fourth-order valence-electron chi connectivity index (χ4n) is 3.60. The monoisotopic (exact) mass is 440 g/mol. The van der Waals surface area contributed by atoms with E-state index in [9.17, 15) is 5.26 Å². The van der Waals surface area contributed by atoms with E-state index in [4.69, 9.17) is 9.47 Å². The van der Waals surface area contributed by atoms with Crippen molar-refractivity contribution in [3.05, 3.63) is 96.3 Å². The second kappa shape index (κ2) is 9.16. The van der Waals surface area contributed by atoms with Gasteiger partial charge in [-0.15, -0.1) is 10.2 Å². The summed E-state index contributed by atoms with van der Waals surface area (Å²) in [6, 6.07) is 29.9. The lowest BCUT2D eigenvalue weighted by Crippen LogP contribution is -2.24. The predicted octanol–water partition coefficient (Wildman–Crippen LogP) is 5.01. The predicted molar refractivity (Wildman–Crippen MR) is 122 cm³/mol. The summed E-state index contributed by atoms with van der Waals surface area (Å²) in [5.41, 5.74) is 2.02. The molecule has 0 N–H and O–H groups in total. The van der Waals surface area contributed by atoms with Crippen LogP contribution in [0.2, 0.25) is 0 Å². The summed E-state index contributed by atoms with van der Waals surface area (Å²) < 4.78 is 14.1. The fourth-order valence-corrected chi connectivity index (χ4v) is 4.58. The molecule has 158 valence electrons. The molecule has 0 fully saturated rings. The van der Waals surface area contributed by atoms with Crippen molar-refractivity contribution >= 4 is 11.8 Å². The molecule has 1 aliphatic rings. The number of thioether (sulfide) groups is 1. The van der Waals surface area contributed by atoms with E-state index in [2.05, 4.69) is 16.3 Å². The second-order valence-electron chi connectivity index (χ2n) is 7.30. The minimum absolute atomic E-state index is 0.304. The van der Waals surface area contributed by atoms with Gasteiger partial charge in [-0.1, -0.05) is 72.4 Å². The molecule has 0 aliphatic carbocycles. The van der Waals surface area contributed by atoms with Crippen LogP contribution < -0.4 is 9.47 Å². The smallest absolute Gasteiger partial charge is 0.197 e. The van der Waals surface area contributed by atoms with Crippen molar-refractivity contribution in [3.8, 4) is 23.3 Å². The van der Waals surface area contributed by atoms with Crippen LogP contribution in [0.3, 0.4) is 0 Å². The first-order valence-electron chi connectivity index (χ1n) is 10.3. The third-order valence-electron chi connectivity index (χ3n) is 5.12. The zero-order valence-corrected chi connectivity index (χ0v) is 18.0. The molecule has 1 aliphatic heterocycles. The van der Waals surface area contributed by atoms with Gasteiger partial charge in [-0.3, -0.25) is 4.57 Å². The van der Waals surface area contributed by atoms with Crippen molar-refractivity contribution in [2.45, 2.75) is 22.9 Å². The van der Waals surface area contributed by atoms with Gasteiger partial charge in [-0.2, -0.15) is 5.26 Å². The molecule has 2 unspecified atom stereocenters. The van der Waals surface area contributed by atoms with Gasteiger partial charge in [0, 0.05) is 5.69 Å². The Balaban J connectivity index is 1.47. The number of ether oxygens (including phenoxy) is 2. The molecule has 7 heteroatoms. The Morgan fingerprint density at radius 3 is 2.38 bits per heavy atom. The van der Waals surface area contributed by atoms with Gasteiger partial charge >= 0.3 is 0 Å². The molecular formula is C25H20N4O2S. The number of fused-ring (bicyclic) bond motifs is 1. The summed E-state index contributed by atoms with van der Waals surface area (Å²) in [7, 11) is 0. The van der Waals surface area contributed by atoms with Crippen LogP contribution in [0.25, 0.3) is 5.69 Å². The van der Waals surface area contributed by atoms with Crippen LogP contribution in [-0.2, 0) is 6.42 Å². The van der Waals surface area contributed by atoms with Gasteiger partial charge in [0.1, 0.15) is 11.9 Å². The molecule has 1 aromatic heterocycles. The summed E-state index contributed by atoms with van der Waals surface area (Å²) in [5, 5.41) is 19.1. The molecule has 4 aromatic rings. The first kappa shape index (κ1) is 20.2. The zero-order valence-electron chi connectivity index (χ0n) is 17.2. The first-order chi connectivity index (χ1) is 15.8. The van der Waals surface area contributed by atoms with E-state index in [1.54, 1.807) is 0 Å². The number of hydrogen-bond acceptors (Lipinski definition) is 6. The van der Waals surface area contributed by atoms with Gasteiger partial charge in [-0.25, -0.2) is 0 Å². The maximum Gasteiger partial charge on any atom is 0.197 e. The minimum Gasteiger partial charge on any atom is -0.485 e. The zero-order chi connectivity index (χ0) is 21.8. The van der Waals surface area contributed by atoms with Crippen molar-refractivity contribution in [2.75, 3.05) is 6.61 Å². The molecule has 32 heavy (non-hydrogen) atoms. The molecule has 0 saturated carbocycles. The SMILES string of the molecule is N#CC(Cc1ccccc1)Sc1nnc(C2COc3ccccc3O2)n1-c1ccccc1. The molecule has 2 heterocycles. The Morgan fingerprint density at radius 2 is 1.62 bits per heavy atom. The van der Waals surface area contributed by atoms with E-state index in [1.807, 2.05) is 89.5 Å². The summed E-state index contributed by atoms with van der Waals surface area (Å²) in [5.74, 6) is 2.04. The van der Waals surface area contributed by atoms with Crippen molar-refractivity contribution in [1.82, 2.24) is 14.8 Å². The van der Waals surface area contributed by atoms with Crippen LogP contribution in [-0.4, -0.2) is 26.6 Å². The Morgan fingerprint density at radius 1 is 0.938 bits per heavy atom. The Kier molecular flexibility index (Phi) is 5.77. The van der Waals surface area contributed by atoms with Crippen LogP contribution in [0, 0.1) is 11.3 Å². The van der Waals surface area contributed by atoms with E-state index >= 15 is 0 Å². The Bertz CT molecular complexity index is 1240. The normalized spacial score (nSPS) is 15.7. The lowest BCUT2D eigenvalue weighted by Gasteiger charge is -2.26. The van der Waals surface area contributed by atoms with Crippen molar-refractivity contribution < 1.29 is 9.47 Å². The lowest BCUT2D eigenvalue weighted by molar-refractivity contribution is 0.0835. The van der Waals surface area contributed by atoms with Crippen LogP contribution in [0.15, 0.2) is 90.1 Å². The van der Waals surface area contributed by atoms with Gasteiger partial charge in [0.25, 0.3) is 0 Å². The third kappa shape index (κ3) is 4.18. The average Bonchev–Trinajstić information content (AvgIpc) is 3.28. The van der Waals surface area contributed by atoms with E-state index in [0.717, 1.165) is 17.0 Å². The molecule has 3 aromatic carbocycles. The van der Waals surface area contributed by atoms with Gasteiger partial charge in [0.05, 0.1) is 6.07 Å². The summed E-state index contributed by atoms with van der Waals surface area (Å²) in [6.45, 7) is 0.332. The molecular weight excluding hydrogens is 420 g/mol. The van der Waals surface area contributed by atoms with E-state index in [0.29, 0.717) is 29.8 Å². The molecule has 0 amide bonds. The standard InChI is InChI=1S/C25H20N4O2S/c26-16-20(15-18-9-3-1-4-10-18)32-25-28-27-24(29(25)19-11-5-2-6-12-19)23-17-30-21-13-7-8-14-22(21)31-23/h1-14,20,23H,15,17H2. The molecule has 0 spiro atoms. The lowest BCUT2D eigenvalue weighted by atomic mass is 10.1. The molecule has 5 rings (SSSR count). The van der Waals surface area contributed by atoms with Gasteiger partial charge in [-0.05, 0) is 36.2 Å². The molecule has 0 bridgehead atoms. The highest BCUT2D eigenvalue weighted by molar-refractivity contribution is 8.00. The molecule has 2 atom stereocenters. The second-order valence-corrected chi connectivity index (χ2v) is 8.47. The maximum absolute atomic E-state index is 9.80. The Hall–Kier alpha value is -3.76. The number of nitriles is 1. The van der Waals surface area contributed by atoms with E-state index in [-0.39, 0.29) is 5.25 Å². The third-order valence-corrected chi connectivity index (χ3v) is 6.16. The topological polar surface area (TPSA) is 73.0 Å². The Labute approximate surface area is 190 Å². The highest BCUT2D eigenvalue weighted by Crippen LogP contribution is 2.37. The summed E-state index contributed by atoms with van der Waals surface area (Å²) in [6.07, 6.45) is 0.205. The number of nitrogens with zero attached hydrogens (tertiary/aromatic N) is 4. The highest BCUT2D eigenvalue weighted by atomic mass is 32.2. The van der Waals surface area contributed by atoms with E-state index in [1.165, 1.54) is 11.8 Å². The fraction of sp³-hybridized carbons (Fsp3) is 0.160. The largest absolute Gasteiger partial charge is 0.485 e. The molecule has 6 nitrogen and oxygen atoms in total. The number of rotatable bonds is 6. The van der Waals surface area contributed by atoms with Crippen LogP contribution in [0.1, 0.15) is 17.5 Å². The number of benzene rings is 3. The quantitative estimate of drug-likeness (QED) is 0.393. The highest BCUT2D eigenvalue weighted by Gasteiger charge is 2.30. The van der Waals surface area contributed by atoms with Crippen LogP contribution in [0.5, 0.6) is 11.5 Å². The minimum atomic E-state index is -0.415. The summed E-state index contributed by atoms with van der Waals surface area (Å²) >= 11 is 1.41. The van der Waals surface area contributed by atoms with Gasteiger partial charge < -0.3 is 9.47 Å². The van der Waals surface area contributed by atoms with Crippen LogP contribution in [0.4, 0.5) is 0 Å². The number of hydrogen-bond donors (Lipinski definition) is 0. The van der Waals surface area contributed by atoms with Crippen molar-refractivity contribution in [2.24, 2.45) is 0 Å². The van der Waals surface area contributed by atoms with Crippen molar-refractivity contribution in [3.63, 3.8) is 0 Å². The van der Waals surface area contributed by atoms with Crippen LogP contribution >= 0.6 is 11.8 Å². The number of aromatic nitrogens is 3. The molecule has 0 saturated heterocycles.